The second kappa shape index (κ2) is 3.82. The molecule has 5 nitrogen and oxygen atoms in total. The van der Waals surface area contributed by atoms with Gasteiger partial charge in [0, 0.05) is 24.4 Å². The van der Waals surface area contributed by atoms with Gasteiger partial charge in [-0.1, -0.05) is 24.8 Å². The molecule has 19 heavy (non-hydrogen) atoms. The van der Waals surface area contributed by atoms with Gasteiger partial charge in [0.25, 0.3) is 5.91 Å². The maximum atomic E-state index is 12.4. The Labute approximate surface area is 110 Å². The lowest BCUT2D eigenvalue weighted by atomic mass is 10.1. The van der Waals surface area contributed by atoms with Crippen molar-refractivity contribution in [2.45, 2.75) is 0 Å². The van der Waals surface area contributed by atoms with Crippen molar-refractivity contribution in [3.05, 3.63) is 53.7 Å². The minimum absolute atomic E-state index is 0.198. The number of carbonyl (C=O) groups is 1. The number of amides is 1. The van der Waals surface area contributed by atoms with Crippen LogP contribution in [0.2, 0.25) is 0 Å². The van der Waals surface area contributed by atoms with Crippen LogP contribution in [0.5, 0.6) is 0 Å². The third-order valence-electron chi connectivity index (χ3n) is 3.08. The first-order chi connectivity index (χ1) is 9.13. The molecule has 2 aromatic rings. The molecule has 0 spiro atoms. The van der Waals surface area contributed by atoms with E-state index < -0.39 is 0 Å². The fourth-order valence-electron chi connectivity index (χ4n) is 2.23. The Balaban J connectivity index is 2.17. The number of aryl methyl sites for hydroxylation is 1. The molecular weight excluding hydrogens is 240 g/mol. The van der Waals surface area contributed by atoms with E-state index in [0.717, 1.165) is 5.56 Å². The van der Waals surface area contributed by atoms with E-state index in [1.165, 1.54) is 9.58 Å². The molecule has 3 rings (SSSR count). The van der Waals surface area contributed by atoms with Crippen molar-refractivity contribution in [2.75, 3.05) is 4.90 Å². The van der Waals surface area contributed by atoms with E-state index in [4.69, 9.17) is 5.26 Å². The summed E-state index contributed by atoms with van der Waals surface area (Å²) in [6.07, 6.45) is 1.58. The van der Waals surface area contributed by atoms with Gasteiger partial charge in [-0.05, 0) is 6.07 Å². The number of nitrogens with zero attached hydrogens (tertiary/aromatic N) is 4. The predicted octanol–water partition coefficient (Wildman–Crippen LogP) is 1.92. The molecule has 0 N–H and O–H groups in total. The molecule has 1 amide bonds. The van der Waals surface area contributed by atoms with Crippen molar-refractivity contribution in [1.82, 2.24) is 9.78 Å². The number of hydrogen-bond donors (Lipinski definition) is 0. The molecule has 92 valence electrons. The zero-order valence-electron chi connectivity index (χ0n) is 10.3. The fraction of sp³-hybridized carbons (Fsp3) is 0.0714. The Morgan fingerprint density at radius 3 is 2.63 bits per heavy atom. The van der Waals surface area contributed by atoms with Crippen molar-refractivity contribution < 1.29 is 4.79 Å². The lowest BCUT2D eigenvalue weighted by molar-refractivity contribution is 0.100. The minimum Gasteiger partial charge on any atom is -0.272 e. The zero-order valence-corrected chi connectivity index (χ0v) is 10.3. The summed E-state index contributed by atoms with van der Waals surface area (Å²) < 4.78 is 1.51. The summed E-state index contributed by atoms with van der Waals surface area (Å²) in [5.74, 6) is 0.131. The van der Waals surface area contributed by atoms with E-state index in [9.17, 15) is 4.79 Å². The molecular formula is C14H10N4O. The van der Waals surface area contributed by atoms with Gasteiger partial charge in [-0.3, -0.25) is 14.4 Å². The molecule has 0 atom stereocenters. The highest BCUT2D eigenvalue weighted by Crippen LogP contribution is 2.35. The Kier molecular flexibility index (Phi) is 2.26. The normalized spacial score (nSPS) is 13.6. The monoisotopic (exact) mass is 250 g/mol. The largest absolute Gasteiger partial charge is 0.272 e. The number of anilines is 1. The molecule has 0 fully saturated rings. The van der Waals surface area contributed by atoms with Crippen LogP contribution >= 0.6 is 0 Å². The van der Waals surface area contributed by atoms with Gasteiger partial charge in [-0.2, -0.15) is 10.4 Å². The van der Waals surface area contributed by atoms with Crippen LogP contribution in [-0.4, -0.2) is 15.7 Å². The lowest BCUT2D eigenvalue weighted by Gasteiger charge is -2.14. The molecule has 0 aliphatic carbocycles. The first-order valence-electron chi connectivity index (χ1n) is 5.70. The molecule has 0 saturated carbocycles. The van der Waals surface area contributed by atoms with Crippen LogP contribution in [0, 0.1) is 11.3 Å². The Morgan fingerprint density at radius 2 is 2.00 bits per heavy atom. The molecule has 5 heteroatoms. The van der Waals surface area contributed by atoms with E-state index in [-0.39, 0.29) is 5.91 Å². The van der Waals surface area contributed by atoms with Crippen LogP contribution in [-0.2, 0) is 7.05 Å². The quantitative estimate of drug-likeness (QED) is 0.776. The number of hydrogen-bond acceptors (Lipinski definition) is 3. The molecule has 0 bridgehead atoms. The Morgan fingerprint density at radius 1 is 1.32 bits per heavy atom. The van der Waals surface area contributed by atoms with Gasteiger partial charge in [-0.15, -0.1) is 0 Å². The van der Waals surface area contributed by atoms with Gasteiger partial charge >= 0.3 is 0 Å². The van der Waals surface area contributed by atoms with Crippen LogP contribution in [0.25, 0.3) is 5.70 Å². The standard InChI is InChI=1S/C14H10N4O/c1-9-11-5-3-4-6-12(11)14(19)18(9)13-10(7-15)8-17(2)16-13/h3-6,8H,1H2,2H3. The van der Waals surface area contributed by atoms with Gasteiger partial charge in [0.05, 0.1) is 5.70 Å². The molecule has 0 saturated heterocycles. The Hall–Kier alpha value is -2.87. The number of carbonyl (C=O) groups excluding carboxylic acids is 1. The van der Waals surface area contributed by atoms with Crippen molar-refractivity contribution in [3.8, 4) is 6.07 Å². The average molecular weight is 250 g/mol. The second-order valence-corrected chi connectivity index (χ2v) is 4.28. The van der Waals surface area contributed by atoms with Gasteiger partial charge < -0.3 is 0 Å². The SMILES string of the molecule is C=C1c2ccccc2C(=O)N1c1nn(C)cc1C#N. The first kappa shape index (κ1) is 11.2. The molecule has 1 aliphatic heterocycles. The Bertz CT molecular complexity index is 716. The maximum Gasteiger partial charge on any atom is 0.264 e. The van der Waals surface area contributed by atoms with Crippen LogP contribution in [0.3, 0.4) is 0 Å². The van der Waals surface area contributed by atoms with Crippen molar-refractivity contribution in [3.63, 3.8) is 0 Å². The summed E-state index contributed by atoms with van der Waals surface area (Å²) in [6.45, 7) is 3.93. The highest BCUT2D eigenvalue weighted by Gasteiger charge is 2.34. The molecule has 1 aromatic carbocycles. The van der Waals surface area contributed by atoms with Gasteiger partial charge in [0.1, 0.15) is 11.6 Å². The smallest absolute Gasteiger partial charge is 0.264 e. The number of aromatic nitrogens is 2. The van der Waals surface area contributed by atoms with Crippen LogP contribution in [0.4, 0.5) is 5.82 Å². The third kappa shape index (κ3) is 1.47. The van der Waals surface area contributed by atoms with Crippen LogP contribution in [0.1, 0.15) is 21.5 Å². The summed E-state index contributed by atoms with van der Waals surface area (Å²) in [6, 6.07) is 9.28. The van der Waals surface area contributed by atoms with Crippen molar-refractivity contribution in [2.24, 2.45) is 7.05 Å². The van der Waals surface area contributed by atoms with E-state index in [0.29, 0.717) is 22.6 Å². The highest BCUT2D eigenvalue weighted by molar-refractivity contribution is 6.21. The van der Waals surface area contributed by atoms with Gasteiger partial charge in [0.15, 0.2) is 5.82 Å². The maximum absolute atomic E-state index is 12.4. The van der Waals surface area contributed by atoms with Crippen LogP contribution in [0.15, 0.2) is 37.0 Å². The highest BCUT2D eigenvalue weighted by atomic mass is 16.2. The third-order valence-corrected chi connectivity index (χ3v) is 3.08. The summed E-state index contributed by atoms with van der Waals surface area (Å²) in [5.41, 5.74) is 2.27. The fourth-order valence-corrected chi connectivity index (χ4v) is 2.23. The number of fused-ring (bicyclic) bond motifs is 1. The first-order valence-corrected chi connectivity index (χ1v) is 5.70. The molecule has 2 heterocycles. The summed E-state index contributed by atoms with van der Waals surface area (Å²) in [5, 5.41) is 13.3. The lowest BCUT2D eigenvalue weighted by Crippen LogP contribution is -2.23. The van der Waals surface area contributed by atoms with E-state index in [1.807, 2.05) is 18.2 Å². The topological polar surface area (TPSA) is 61.9 Å². The molecule has 0 unspecified atom stereocenters. The second-order valence-electron chi connectivity index (χ2n) is 4.28. The van der Waals surface area contributed by atoms with Crippen molar-refractivity contribution in [1.29, 1.82) is 5.26 Å². The summed E-state index contributed by atoms with van der Waals surface area (Å²) >= 11 is 0. The van der Waals surface area contributed by atoms with Crippen molar-refractivity contribution >= 4 is 17.4 Å². The molecule has 1 aromatic heterocycles. The van der Waals surface area contributed by atoms with Crippen LogP contribution < -0.4 is 4.90 Å². The number of rotatable bonds is 1. The van der Waals surface area contributed by atoms with E-state index in [1.54, 1.807) is 25.4 Å². The van der Waals surface area contributed by atoms with E-state index in [2.05, 4.69) is 11.7 Å². The minimum atomic E-state index is -0.198. The predicted molar refractivity (Wildman–Crippen MR) is 70.2 cm³/mol. The molecule has 1 aliphatic rings. The van der Waals surface area contributed by atoms with Gasteiger partial charge in [-0.25, -0.2) is 0 Å². The number of nitriles is 1. The molecule has 0 radical (unpaired) electrons. The summed E-state index contributed by atoms with van der Waals surface area (Å²) in [7, 11) is 1.71. The number of benzene rings is 1. The van der Waals surface area contributed by atoms with E-state index >= 15 is 0 Å². The summed E-state index contributed by atoms with van der Waals surface area (Å²) in [4.78, 5) is 13.8. The van der Waals surface area contributed by atoms with Gasteiger partial charge in [0.2, 0.25) is 0 Å². The average Bonchev–Trinajstić information content (AvgIpc) is 2.90. The zero-order chi connectivity index (χ0) is 13.6.